The summed E-state index contributed by atoms with van der Waals surface area (Å²) in [5, 5.41) is 9.11. The van der Waals surface area contributed by atoms with Gasteiger partial charge in [-0.15, -0.1) is 0 Å². The Hall–Kier alpha value is -1.30. The van der Waals surface area contributed by atoms with E-state index in [2.05, 4.69) is 0 Å². The molecule has 0 aromatic carbocycles. The molecule has 0 aromatic heterocycles. The first kappa shape index (κ1) is 8.79. The van der Waals surface area contributed by atoms with Gasteiger partial charge in [-0.1, -0.05) is 0 Å². The summed E-state index contributed by atoms with van der Waals surface area (Å²) in [5.41, 5.74) is 9.94. The van der Waals surface area contributed by atoms with Crippen LogP contribution in [0.3, 0.4) is 0 Å². The van der Waals surface area contributed by atoms with E-state index in [-0.39, 0.29) is 13.0 Å². The highest BCUT2D eigenvalue weighted by molar-refractivity contribution is 5.86. The van der Waals surface area contributed by atoms with E-state index >= 15 is 0 Å². The zero-order valence-electron chi connectivity index (χ0n) is 6.43. The van der Waals surface area contributed by atoms with E-state index in [4.69, 9.17) is 16.6 Å². The Balaban J connectivity index is 2.72. The molecular formula is C6H11N3O3. The Morgan fingerprint density at radius 1 is 1.42 bits per heavy atom. The number of aliphatic hydroxyl groups is 1. The molecule has 1 heterocycles. The second-order valence-electron chi connectivity index (χ2n) is 2.80. The maximum absolute atomic E-state index is 10.7. The molecule has 0 saturated carbocycles. The number of rotatable bonds is 1. The second-order valence-corrected chi connectivity index (χ2v) is 2.80. The lowest BCUT2D eigenvalue weighted by Crippen LogP contribution is -2.46. The molecule has 0 aromatic rings. The number of primary amides is 2. The van der Waals surface area contributed by atoms with Gasteiger partial charge in [-0.05, 0) is 0 Å². The first-order chi connectivity index (χ1) is 5.52. The minimum absolute atomic E-state index is 0.0863. The molecule has 0 aliphatic carbocycles. The normalized spacial score (nSPS) is 28.9. The molecule has 6 nitrogen and oxygen atoms in total. The maximum Gasteiger partial charge on any atom is 0.315 e. The van der Waals surface area contributed by atoms with Crippen molar-refractivity contribution >= 4 is 11.9 Å². The van der Waals surface area contributed by atoms with Crippen molar-refractivity contribution < 1.29 is 14.7 Å². The minimum atomic E-state index is -0.752. The lowest BCUT2D eigenvalue weighted by molar-refractivity contribution is -0.121. The third-order valence-electron chi connectivity index (χ3n) is 1.89. The molecule has 2 unspecified atom stereocenters. The number of nitrogens with zero attached hydrogens (tertiary/aromatic N) is 1. The number of β-amino-alcohol motifs (C(OH)–C–C–N with tert-alkyl or cyclic N) is 1. The van der Waals surface area contributed by atoms with Crippen LogP contribution in [0, 0.1) is 0 Å². The van der Waals surface area contributed by atoms with Crippen LogP contribution in [0.4, 0.5) is 4.79 Å². The zero-order chi connectivity index (χ0) is 9.30. The highest BCUT2D eigenvalue weighted by atomic mass is 16.3. The fourth-order valence-electron chi connectivity index (χ4n) is 1.33. The van der Waals surface area contributed by atoms with Gasteiger partial charge >= 0.3 is 6.03 Å². The molecule has 12 heavy (non-hydrogen) atoms. The van der Waals surface area contributed by atoms with E-state index < -0.39 is 24.1 Å². The number of hydrogen-bond donors (Lipinski definition) is 3. The van der Waals surface area contributed by atoms with Crippen molar-refractivity contribution in [1.29, 1.82) is 0 Å². The summed E-state index contributed by atoms with van der Waals surface area (Å²) >= 11 is 0. The van der Waals surface area contributed by atoms with E-state index in [1.165, 1.54) is 0 Å². The molecule has 2 atom stereocenters. The van der Waals surface area contributed by atoms with Gasteiger partial charge in [0.15, 0.2) is 0 Å². The number of amides is 3. The summed E-state index contributed by atoms with van der Waals surface area (Å²) in [6.45, 7) is 0.0863. The standard InChI is InChI=1S/C6H11N3O3/c7-5(11)4-1-3(10)2-9(4)6(8)12/h3-4,10H,1-2H2,(H2,7,11)(H2,8,12). The van der Waals surface area contributed by atoms with Crippen molar-refractivity contribution in [3.63, 3.8) is 0 Å². The largest absolute Gasteiger partial charge is 0.391 e. The predicted molar refractivity (Wildman–Crippen MR) is 39.9 cm³/mol. The molecule has 3 amide bonds. The van der Waals surface area contributed by atoms with Crippen molar-refractivity contribution in [1.82, 2.24) is 4.90 Å². The van der Waals surface area contributed by atoms with E-state index in [0.29, 0.717) is 0 Å². The average molecular weight is 173 g/mol. The average Bonchev–Trinajstić information content (AvgIpc) is 2.31. The van der Waals surface area contributed by atoms with Crippen molar-refractivity contribution in [2.24, 2.45) is 11.5 Å². The van der Waals surface area contributed by atoms with Gasteiger partial charge in [0.1, 0.15) is 6.04 Å². The summed E-state index contributed by atoms with van der Waals surface area (Å²) in [7, 11) is 0. The molecule has 68 valence electrons. The quantitative estimate of drug-likeness (QED) is 0.426. The molecular weight excluding hydrogens is 162 g/mol. The van der Waals surface area contributed by atoms with E-state index in [9.17, 15) is 9.59 Å². The van der Waals surface area contributed by atoms with Gasteiger partial charge in [-0.25, -0.2) is 4.79 Å². The summed E-state index contributed by atoms with van der Waals surface area (Å²) in [6, 6.07) is -1.48. The number of carbonyl (C=O) groups excluding carboxylic acids is 2. The van der Waals surface area contributed by atoms with E-state index in [1.807, 2.05) is 0 Å². The Bertz CT molecular complexity index is 196. The third kappa shape index (κ3) is 1.48. The van der Waals surface area contributed by atoms with Gasteiger partial charge in [0.2, 0.25) is 5.91 Å². The number of hydrogen-bond acceptors (Lipinski definition) is 3. The zero-order valence-corrected chi connectivity index (χ0v) is 6.43. The van der Waals surface area contributed by atoms with Crippen molar-refractivity contribution in [2.45, 2.75) is 18.6 Å². The van der Waals surface area contributed by atoms with Crippen LogP contribution in [0.15, 0.2) is 0 Å². The number of aliphatic hydroxyl groups excluding tert-OH is 1. The monoisotopic (exact) mass is 173 g/mol. The van der Waals surface area contributed by atoms with E-state index in [1.54, 1.807) is 0 Å². The Kier molecular flexibility index (Phi) is 2.18. The number of nitrogens with two attached hydrogens (primary N) is 2. The van der Waals surface area contributed by atoms with Gasteiger partial charge in [-0.3, -0.25) is 4.79 Å². The smallest absolute Gasteiger partial charge is 0.315 e. The first-order valence-corrected chi connectivity index (χ1v) is 3.56. The number of likely N-dealkylation sites (tertiary alicyclic amines) is 1. The Labute approximate surface area is 69.1 Å². The van der Waals surface area contributed by atoms with Gasteiger partial charge < -0.3 is 21.5 Å². The topological polar surface area (TPSA) is 110 Å². The van der Waals surface area contributed by atoms with Crippen molar-refractivity contribution in [2.75, 3.05) is 6.54 Å². The molecule has 1 fully saturated rings. The lowest BCUT2D eigenvalue weighted by Gasteiger charge is -2.18. The van der Waals surface area contributed by atoms with Crippen LogP contribution in [0.1, 0.15) is 6.42 Å². The fraction of sp³-hybridized carbons (Fsp3) is 0.667. The van der Waals surface area contributed by atoms with Crippen LogP contribution < -0.4 is 11.5 Å². The lowest BCUT2D eigenvalue weighted by atomic mass is 10.2. The van der Waals surface area contributed by atoms with Gasteiger partial charge in [0, 0.05) is 13.0 Å². The predicted octanol–water partition coefficient (Wildman–Crippen LogP) is -2.01. The van der Waals surface area contributed by atoms with Gasteiger partial charge in [0.05, 0.1) is 6.10 Å². The summed E-state index contributed by atoms with van der Waals surface area (Å²) in [4.78, 5) is 22.5. The third-order valence-corrected chi connectivity index (χ3v) is 1.89. The van der Waals surface area contributed by atoms with Crippen LogP contribution in [-0.2, 0) is 4.79 Å². The highest BCUT2D eigenvalue weighted by Gasteiger charge is 2.36. The summed E-state index contributed by atoms with van der Waals surface area (Å²) in [5.74, 6) is -0.634. The maximum atomic E-state index is 10.7. The molecule has 5 N–H and O–H groups in total. The molecule has 1 saturated heterocycles. The molecule has 0 radical (unpaired) electrons. The number of urea groups is 1. The SMILES string of the molecule is NC(=O)C1CC(O)CN1C(N)=O. The fourth-order valence-corrected chi connectivity index (χ4v) is 1.33. The second kappa shape index (κ2) is 2.98. The molecule has 1 aliphatic rings. The first-order valence-electron chi connectivity index (χ1n) is 3.56. The van der Waals surface area contributed by atoms with Gasteiger partial charge in [0.25, 0.3) is 0 Å². The Morgan fingerprint density at radius 3 is 2.33 bits per heavy atom. The van der Waals surface area contributed by atoms with Gasteiger partial charge in [-0.2, -0.15) is 0 Å². The van der Waals surface area contributed by atoms with Crippen LogP contribution in [0.2, 0.25) is 0 Å². The summed E-state index contributed by atoms with van der Waals surface area (Å²) < 4.78 is 0. The van der Waals surface area contributed by atoms with Crippen LogP contribution in [-0.4, -0.2) is 40.6 Å². The van der Waals surface area contributed by atoms with Crippen molar-refractivity contribution in [3.8, 4) is 0 Å². The molecule has 1 rings (SSSR count). The van der Waals surface area contributed by atoms with Crippen LogP contribution >= 0.6 is 0 Å². The molecule has 6 heteroatoms. The summed E-state index contributed by atoms with van der Waals surface area (Å²) in [6.07, 6.45) is -0.520. The Morgan fingerprint density at radius 2 is 2.00 bits per heavy atom. The van der Waals surface area contributed by atoms with Crippen molar-refractivity contribution in [3.05, 3.63) is 0 Å². The molecule has 0 spiro atoms. The molecule has 1 aliphatic heterocycles. The van der Waals surface area contributed by atoms with E-state index in [0.717, 1.165) is 4.90 Å². The van der Waals surface area contributed by atoms with Crippen LogP contribution in [0.25, 0.3) is 0 Å². The van der Waals surface area contributed by atoms with Crippen LogP contribution in [0.5, 0.6) is 0 Å². The molecule has 0 bridgehead atoms. The highest BCUT2D eigenvalue weighted by Crippen LogP contribution is 2.16. The number of carbonyl (C=O) groups is 2. The minimum Gasteiger partial charge on any atom is -0.391 e.